The van der Waals surface area contributed by atoms with E-state index < -0.39 is 21.8 Å². The molecule has 0 aromatic heterocycles. The van der Waals surface area contributed by atoms with E-state index in [4.69, 9.17) is 10.2 Å². The van der Waals surface area contributed by atoms with Gasteiger partial charge in [0.15, 0.2) is 0 Å². The number of hydrogen-bond donors (Lipinski definition) is 2. The van der Waals surface area contributed by atoms with E-state index in [0.29, 0.717) is 19.0 Å². The Morgan fingerprint density at radius 3 is 2.00 bits per heavy atom. The summed E-state index contributed by atoms with van der Waals surface area (Å²) in [5, 5.41) is 18.1. The summed E-state index contributed by atoms with van der Waals surface area (Å²) >= 11 is 0. The number of halogens is 3. The maximum atomic E-state index is 12.9. The predicted octanol–water partition coefficient (Wildman–Crippen LogP) is 3.34. The van der Waals surface area contributed by atoms with Gasteiger partial charge in [-0.3, -0.25) is 4.90 Å². The summed E-state index contributed by atoms with van der Waals surface area (Å²) in [6.07, 6.45) is 1.93. The predicted molar refractivity (Wildman–Crippen MR) is 117 cm³/mol. The maximum Gasteiger partial charge on any atom is 0.416 e. The molecule has 0 bridgehead atoms. The molecule has 1 aromatic rings. The van der Waals surface area contributed by atoms with Crippen molar-refractivity contribution in [2.45, 2.75) is 62.1 Å². The Bertz CT molecular complexity index is 773. The molecule has 1 aromatic carbocycles. The first-order valence-corrected chi connectivity index (χ1v) is 12.6. The Morgan fingerprint density at radius 2 is 1.50 bits per heavy atom. The van der Waals surface area contributed by atoms with Gasteiger partial charge in [-0.15, -0.1) is 0 Å². The van der Waals surface area contributed by atoms with Crippen molar-refractivity contribution in [2.24, 2.45) is 5.92 Å². The summed E-state index contributed by atoms with van der Waals surface area (Å²) in [5.74, 6) is 0.539. The highest BCUT2D eigenvalue weighted by Gasteiger charge is 2.33. The molecule has 2 rings (SSSR count). The molecular weight excluding hydrogens is 445 g/mol. The number of rotatable bonds is 12. The average molecular weight is 481 g/mol. The standard InChI is InChI=1S/C22H35F3N2O4S/c1-26(32(30,31)21-11-7-19(8-12-21)22(23,24)25)20-9-5-18(6-10-20)4-2-3-13-27(14-16-28)15-17-29/h7-8,11-12,18,20,28-29H,2-6,9-10,13-17H2,1H3. The van der Waals surface area contributed by atoms with E-state index in [-0.39, 0.29) is 24.2 Å². The van der Waals surface area contributed by atoms with Gasteiger partial charge in [0.05, 0.1) is 23.7 Å². The van der Waals surface area contributed by atoms with Crippen LogP contribution in [0.2, 0.25) is 0 Å². The molecule has 6 nitrogen and oxygen atoms in total. The van der Waals surface area contributed by atoms with Crippen molar-refractivity contribution >= 4 is 10.0 Å². The van der Waals surface area contributed by atoms with Crippen molar-refractivity contribution in [3.05, 3.63) is 29.8 Å². The molecule has 0 saturated heterocycles. The van der Waals surface area contributed by atoms with E-state index >= 15 is 0 Å². The molecule has 1 aliphatic carbocycles. The summed E-state index contributed by atoms with van der Waals surface area (Å²) in [4.78, 5) is 1.92. The van der Waals surface area contributed by atoms with Crippen LogP contribution in [0.15, 0.2) is 29.2 Å². The van der Waals surface area contributed by atoms with Crippen LogP contribution in [0.4, 0.5) is 13.2 Å². The molecule has 0 radical (unpaired) electrons. The third-order valence-corrected chi connectivity index (χ3v) is 8.28. The van der Waals surface area contributed by atoms with Crippen molar-refractivity contribution in [3.8, 4) is 0 Å². The zero-order valence-electron chi connectivity index (χ0n) is 18.6. The molecule has 0 atom stereocenters. The second-order valence-corrected chi connectivity index (χ2v) is 10.5. The van der Waals surface area contributed by atoms with Crippen molar-refractivity contribution < 1.29 is 31.8 Å². The summed E-state index contributed by atoms with van der Waals surface area (Å²) in [6.45, 7) is 2.11. The first-order valence-electron chi connectivity index (χ1n) is 11.2. The second kappa shape index (κ2) is 12.3. The number of unbranched alkanes of at least 4 members (excludes halogenated alkanes) is 1. The molecule has 0 spiro atoms. The Labute approximate surface area is 189 Å². The second-order valence-electron chi connectivity index (χ2n) is 8.50. The van der Waals surface area contributed by atoms with Crippen molar-refractivity contribution in [1.29, 1.82) is 0 Å². The van der Waals surface area contributed by atoms with Gasteiger partial charge >= 0.3 is 6.18 Å². The zero-order chi connectivity index (χ0) is 23.8. The van der Waals surface area contributed by atoms with Crippen LogP contribution in [0.25, 0.3) is 0 Å². The molecule has 0 unspecified atom stereocenters. The number of aliphatic hydroxyl groups is 2. The quantitative estimate of drug-likeness (QED) is 0.449. The van der Waals surface area contributed by atoms with Gasteiger partial charge in [0, 0.05) is 26.2 Å². The smallest absolute Gasteiger partial charge is 0.395 e. The fourth-order valence-electron chi connectivity index (χ4n) is 4.36. The number of aliphatic hydroxyl groups excluding tert-OH is 2. The SMILES string of the molecule is CN(C1CCC(CCCCN(CCO)CCO)CC1)S(=O)(=O)c1ccc(C(F)(F)F)cc1. The highest BCUT2D eigenvalue weighted by Crippen LogP contribution is 2.34. The molecule has 184 valence electrons. The number of benzene rings is 1. The first-order chi connectivity index (χ1) is 15.1. The van der Waals surface area contributed by atoms with Gasteiger partial charge in [0.25, 0.3) is 0 Å². The molecule has 0 heterocycles. The number of hydrogen-bond acceptors (Lipinski definition) is 5. The van der Waals surface area contributed by atoms with E-state index in [9.17, 15) is 21.6 Å². The van der Waals surface area contributed by atoms with Crippen LogP contribution < -0.4 is 0 Å². The summed E-state index contributed by atoms with van der Waals surface area (Å²) in [5.41, 5.74) is -0.865. The molecule has 1 aliphatic rings. The zero-order valence-corrected chi connectivity index (χ0v) is 19.4. The van der Waals surface area contributed by atoms with Crippen molar-refractivity contribution in [1.82, 2.24) is 9.21 Å². The van der Waals surface area contributed by atoms with Crippen molar-refractivity contribution in [3.63, 3.8) is 0 Å². The lowest BCUT2D eigenvalue weighted by atomic mass is 9.83. The van der Waals surface area contributed by atoms with Gasteiger partial charge in [0.2, 0.25) is 10.0 Å². The topological polar surface area (TPSA) is 81.1 Å². The molecule has 32 heavy (non-hydrogen) atoms. The van der Waals surface area contributed by atoms with Gasteiger partial charge in [-0.2, -0.15) is 17.5 Å². The van der Waals surface area contributed by atoms with E-state index in [0.717, 1.165) is 75.8 Å². The van der Waals surface area contributed by atoms with Gasteiger partial charge in [0.1, 0.15) is 0 Å². The van der Waals surface area contributed by atoms with Crippen LogP contribution in [0.3, 0.4) is 0 Å². The van der Waals surface area contributed by atoms with E-state index in [1.807, 2.05) is 4.90 Å². The van der Waals surface area contributed by atoms with Crippen LogP contribution in [-0.2, 0) is 16.2 Å². The Morgan fingerprint density at radius 1 is 0.938 bits per heavy atom. The molecule has 2 N–H and O–H groups in total. The van der Waals surface area contributed by atoms with Crippen LogP contribution in [0, 0.1) is 5.92 Å². The molecule has 0 amide bonds. The van der Waals surface area contributed by atoms with Gasteiger partial charge < -0.3 is 10.2 Å². The number of sulfonamides is 1. The lowest BCUT2D eigenvalue weighted by Gasteiger charge is -2.34. The fraction of sp³-hybridized carbons (Fsp3) is 0.727. The summed E-state index contributed by atoms with van der Waals surface area (Å²) in [6, 6.07) is 3.51. The van der Waals surface area contributed by atoms with Crippen LogP contribution >= 0.6 is 0 Å². The maximum absolute atomic E-state index is 12.9. The van der Waals surface area contributed by atoms with Crippen LogP contribution in [0.1, 0.15) is 50.5 Å². The Kier molecular flexibility index (Phi) is 10.4. The number of nitrogens with zero attached hydrogens (tertiary/aromatic N) is 2. The first kappa shape index (κ1) is 27.0. The highest BCUT2D eigenvalue weighted by atomic mass is 32.2. The van der Waals surface area contributed by atoms with E-state index in [1.54, 1.807) is 0 Å². The molecule has 0 aliphatic heterocycles. The van der Waals surface area contributed by atoms with E-state index in [1.165, 1.54) is 11.4 Å². The Balaban J connectivity index is 1.81. The average Bonchev–Trinajstić information content (AvgIpc) is 2.76. The Hall–Kier alpha value is -1.20. The minimum atomic E-state index is -4.50. The fourth-order valence-corrected chi connectivity index (χ4v) is 5.78. The van der Waals surface area contributed by atoms with Crippen LogP contribution in [-0.4, -0.2) is 73.8 Å². The minimum absolute atomic E-state index is 0.0763. The van der Waals surface area contributed by atoms with Crippen LogP contribution in [0.5, 0.6) is 0 Å². The normalized spacial score (nSPS) is 20.2. The van der Waals surface area contributed by atoms with Gasteiger partial charge in [-0.25, -0.2) is 8.42 Å². The summed E-state index contributed by atoms with van der Waals surface area (Å²) < 4.78 is 65.3. The third kappa shape index (κ3) is 7.69. The summed E-state index contributed by atoms with van der Waals surface area (Å²) in [7, 11) is -2.33. The number of alkyl halides is 3. The monoisotopic (exact) mass is 480 g/mol. The van der Waals surface area contributed by atoms with E-state index in [2.05, 4.69) is 0 Å². The van der Waals surface area contributed by atoms with Gasteiger partial charge in [-0.05, 0) is 68.8 Å². The highest BCUT2D eigenvalue weighted by molar-refractivity contribution is 7.89. The van der Waals surface area contributed by atoms with Crippen molar-refractivity contribution in [2.75, 3.05) is 39.9 Å². The lowest BCUT2D eigenvalue weighted by molar-refractivity contribution is -0.137. The lowest BCUT2D eigenvalue weighted by Crippen LogP contribution is -2.39. The minimum Gasteiger partial charge on any atom is -0.395 e. The molecule has 1 fully saturated rings. The molecule has 10 heteroatoms. The van der Waals surface area contributed by atoms with Gasteiger partial charge in [-0.1, -0.05) is 12.8 Å². The molecule has 1 saturated carbocycles. The third-order valence-electron chi connectivity index (χ3n) is 6.36. The largest absolute Gasteiger partial charge is 0.416 e. The molecular formula is C22H35F3N2O4S.